The molecule has 1 unspecified atom stereocenters. The molecule has 0 saturated heterocycles. The standard InChI is InChI=1S/C13H26N4/c1-6-8-17(7-2)13-12(9-10(3)14)11(4)15-16(13)5/h10H,6-9,14H2,1-5H3. The second-order valence-electron chi connectivity index (χ2n) is 4.77. The molecule has 2 N–H and O–H groups in total. The summed E-state index contributed by atoms with van der Waals surface area (Å²) in [5, 5.41) is 4.53. The summed E-state index contributed by atoms with van der Waals surface area (Å²) in [5.41, 5.74) is 8.34. The molecule has 0 radical (unpaired) electrons. The molecule has 1 heterocycles. The summed E-state index contributed by atoms with van der Waals surface area (Å²) in [5.74, 6) is 1.24. The molecule has 0 aliphatic heterocycles. The molecular weight excluding hydrogens is 212 g/mol. The lowest BCUT2D eigenvalue weighted by molar-refractivity contribution is 0.689. The molecule has 4 heteroatoms. The van der Waals surface area contributed by atoms with Gasteiger partial charge in [0, 0.05) is 31.7 Å². The van der Waals surface area contributed by atoms with Crippen molar-refractivity contribution in [2.24, 2.45) is 12.8 Å². The van der Waals surface area contributed by atoms with Crippen LogP contribution in [0.15, 0.2) is 0 Å². The van der Waals surface area contributed by atoms with E-state index in [0.29, 0.717) is 0 Å². The highest BCUT2D eigenvalue weighted by atomic mass is 15.4. The zero-order valence-corrected chi connectivity index (χ0v) is 11.8. The summed E-state index contributed by atoms with van der Waals surface area (Å²) < 4.78 is 1.99. The average Bonchev–Trinajstić information content (AvgIpc) is 2.51. The monoisotopic (exact) mass is 238 g/mol. The molecular formula is C13H26N4. The number of rotatable bonds is 6. The van der Waals surface area contributed by atoms with Crippen molar-refractivity contribution in [3.63, 3.8) is 0 Å². The molecule has 0 aliphatic rings. The van der Waals surface area contributed by atoms with Gasteiger partial charge in [-0.1, -0.05) is 6.92 Å². The molecule has 1 aromatic rings. The van der Waals surface area contributed by atoms with Gasteiger partial charge in [-0.2, -0.15) is 5.10 Å². The van der Waals surface area contributed by atoms with Crippen LogP contribution >= 0.6 is 0 Å². The van der Waals surface area contributed by atoms with Gasteiger partial charge in [-0.3, -0.25) is 4.68 Å². The van der Waals surface area contributed by atoms with Gasteiger partial charge in [-0.25, -0.2) is 0 Å². The summed E-state index contributed by atoms with van der Waals surface area (Å²) in [6.45, 7) is 10.6. The molecule has 0 fully saturated rings. The van der Waals surface area contributed by atoms with Gasteiger partial charge in [0.2, 0.25) is 0 Å². The first-order valence-electron chi connectivity index (χ1n) is 6.54. The molecule has 0 saturated carbocycles. The molecule has 4 nitrogen and oxygen atoms in total. The van der Waals surface area contributed by atoms with Crippen LogP contribution in [0.2, 0.25) is 0 Å². The van der Waals surface area contributed by atoms with E-state index in [1.807, 2.05) is 18.7 Å². The van der Waals surface area contributed by atoms with Gasteiger partial charge in [-0.05, 0) is 33.6 Å². The molecule has 17 heavy (non-hydrogen) atoms. The third-order valence-electron chi connectivity index (χ3n) is 3.01. The van der Waals surface area contributed by atoms with E-state index in [-0.39, 0.29) is 6.04 Å². The van der Waals surface area contributed by atoms with Crippen LogP contribution in [-0.4, -0.2) is 28.9 Å². The van der Waals surface area contributed by atoms with Gasteiger partial charge < -0.3 is 10.6 Å². The topological polar surface area (TPSA) is 47.1 Å². The molecule has 0 amide bonds. The number of nitrogens with zero attached hydrogens (tertiary/aromatic N) is 3. The average molecular weight is 238 g/mol. The van der Waals surface area contributed by atoms with E-state index in [1.165, 1.54) is 11.4 Å². The fourth-order valence-electron chi connectivity index (χ4n) is 2.33. The van der Waals surface area contributed by atoms with E-state index < -0.39 is 0 Å². The van der Waals surface area contributed by atoms with Crippen LogP contribution in [-0.2, 0) is 13.5 Å². The number of hydrogen-bond acceptors (Lipinski definition) is 3. The predicted molar refractivity (Wildman–Crippen MR) is 73.5 cm³/mol. The minimum atomic E-state index is 0.178. The van der Waals surface area contributed by atoms with Crippen LogP contribution < -0.4 is 10.6 Å². The Bertz CT molecular complexity index is 355. The molecule has 0 spiro atoms. The van der Waals surface area contributed by atoms with E-state index >= 15 is 0 Å². The van der Waals surface area contributed by atoms with Gasteiger partial charge in [0.05, 0.1) is 5.69 Å². The Morgan fingerprint density at radius 1 is 1.41 bits per heavy atom. The summed E-state index contributed by atoms with van der Waals surface area (Å²) in [6, 6.07) is 0.178. The summed E-state index contributed by atoms with van der Waals surface area (Å²) in [4.78, 5) is 2.39. The Hall–Kier alpha value is -1.03. The van der Waals surface area contributed by atoms with Crippen molar-refractivity contribution in [2.45, 2.75) is 46.6 Å². The zero-order chi connectivity index (χ0) is 13.0. The van der Waals surface area contributed by atoms with Gasteiger partial charge in [0.1, 0.15) is 5.82 Å². The van der Waals surface area contributed by atoms with Crippen molar-refractivity contribution in [2.75, 3.05) is 18.0 Å². The molecule has 98 valence electrons. The lowest BCUT2D eigenvalue weighted by atomic mass is 10.1. The SMILES string of the molecule is CCCN(CC)c1c(CC(C)N)c(C)nn1C. The van der Waals surface area contributed by atoms with E-state index in [9.17, 15) is 0 Å². The highest BCUT2D eigenvalue weighted by Gasteiger charge is 2.18. The molecule has 0 aliphatic carbocycles. The van der Waals surface area contributed by atoms with Crippen molar-refractivity contribution in [1.29, 1.82) is 0 Å². The number of anilines is 1. The van der Waals surface area contributed by atoms with Crippen LogP contribution in [0.3, 0.4) is 0 Å². The Morgan fingerprint density at radius 2 is 2.06 bits per heavy atom. The van der Waals surface area contributed by atoms with E-state index in [4.69, 9.17) is 5.73 Å². The number of nitrogens with two attached hydrogens (primary N) is 1. The minimum Gasteiger partial charge on any atom is -0.357 e. The second-order valence-corrected chi connectivity index (χ2v) is 4.77. The highest BCUT2D eigenvalue weighted by molar-refractivity contribution is 5.50. The zero-order valence-electron chi connectivity index (χ0n) is 11.8. The van der Waals surface area contributed by atoms with Crippen molar-refractivity contribution < 1.29 is 0 Å². The Kier molecular flexibility index (Phi) is 5.00. The molecule has 0 bridgehead atoms. The third kappa shape index (κ3) is 3.22. The maximum absolute atomic E-state index is 5.93. The maximum Gasteiger partial charge on any atom is 0.130 e. The molecule has 1 rings (SSSR count). The Balaban J connectivity index is 3.10. The molecule has 1 atom stereocenters. The fourth-order valence-corrected chi connectivity index (χ4v) is 2.33. The first-order valence-corrected chi connectivity index (χ1v) is 6.54. The Morgan fingerprint density at radius 3 is 2.53 bits per heavy atom. The smallest absolute Gasteiger partial charge is 0.130 e. The normalized spacial score (nSPS) is 12.8. The molecule has 1 aromatic heterocycles. The number of aryl methyl sites for hydroxylation is 2. The minimum absolute atomic E-state index is 0.178. The quantitative estimate of drug-likeness (QED) is 0.823. The van der Waals surface area contributed by atoms with Crippen molar-refractivity contribution in [3.05, 3.63) is 11.3 Å². The van der Waals surface area contributed by atoms with E-state index in [2.05, 4.69) is 30.8 Å². The van der Waals surface area contributed by atoms with Crippen LogP contribution in [0.4, 0.5) is 5.82 Å². The van der Waals surface area contributed by atoms with Crippen molar-refractivity contribution >= 4 is 5.82 Å². The first kappa shape index (κ1) is 14.0. The van der Waals surface area contributed by atoms with E-state index in [1.54, 1.807) is 0 Å². The second kappa shape index (κ2) is 6.05. The largest absolute Gasteiger partial charge is 0.357 e. The fraction of sp³-hybridized carbons (Fsp3) is 0.769. The van der Waals surface area contributed by atoms with E-state index in [0.717, 1.165) is 31.6 Å². The van der Waals surface area contributed by atoms with Gasteiger partial charge in [-0.15, -0.1) is 0 Å². The van der Waals surface area contributed by atoms with Crippen molar-refractivity contribution in [1.82, 2.24) is 9.78 Å². The van der Waals surface area contributed by atoms with Crippen LogP contribution in [0.5, 0.6) is 0 Å². The van der Waals surface area contributed by atoms with Crippen LogP contribution in [0.25, 0.3) is 0 Å². The van der Waals surface area contributed by atoms with Crippen LogP contribution in [0.1, 0.15) is 38.4 Å². The number of aromatic nitrogens is 2. The van der Waals surface area contributed by atoms with Crippen LogP contribution in [0, 0.1) is 6.92 Å². The number of hydrogen-bond donors (Lipinski definition) is 1. The Labute approximate surface area is 105 Å². The van der Waals surface area contributed by atoms with Gasteiger partial charge in [0.25, 0.3) is 0 Å². The van der Waals surface area contributed by atoms with Crippen molar-refractivity contribution in [3.8, 4) is 0 Å². The highest BCUT2D eigenvalue weighted by Crippen LogP contribution is 2.24. The lowest BCUT2D eigenvalue weighted by Gasteiger charge is -2.24. The van der Waals surface area contributed by atoms with Gasteiger partial charge >= 0.3 is 0 Å². The first-order chi connectivity index (χ1) is 8.01. The summed E-state index contributed by atoms with van der Waals surface area (Å²) >= 11 is 0. The third-order valence-corrected chi connectivity index (χ3v) is 3.01. The predicted octanol–water partition coefficient (Wildman–Crippen LogP) is 1.85. The lowest BCUT2D eigenvalue weighted by Crippen LogP contribution is -2.28. The van der Waals surface area contributed by atoms with Gasteiger partial charge in [0.15, 0.2) is 0 Å². The summed E-state index contributed by atoms with van der Waals surface area (Å²) in [6.07, 6.45) is 2.05. The molecule has 0 aromatic carbocycles. The maximum atomic E-state index is 5.93. The summed E-state index contributed by atoms with van der Waals surface area (Å²) in [7, 11) is 2.02.